The fraction of sp³-hybridized carbons (Fsp3) is 0.647. The summed E-state index contributed by atoms with van der Waals surface area (Å²) in [6.45, 7) is 24.7. The Morgan fingerprint density at radius 2 is 0.848 bits per heavy atom. The zero-order valence-electron chi connectivity index (χ0n) is 81.7. The van der Waals surface area contributed by atoms with Gasteiger partial charge >= 0.3 is 18.3 Å². The number of aryl methyl sites for hydroxylation is 3. The standard InChI is InChI=1S/C35H44F2N3O6.C35H46F2N3O6.C32H40F2N3O6.3V/c1-6-22-27(17-41)40-16-29(22)45-32-30(19(4)23-11-10-21(44-5)15-26(23)38-32)35(36,37)12-8-7-9-24-25-13-20(25)14-28(24)46-34(43)39-31(18(2)3)33(40)42;1-7-24-27(19-41)40-18-28(24)45-31-29(21(4)25-14-13-23(44-6)17-26(25)38-31)35(36,37)16-9-8-11-22-12-10-15-34(22,5)46-33(43)39-30(20(2)3)32(40)42;1-17-21-11-10-20(41-6)14-22(21)35-28-26(17)32(33,34)12-8-7-9-19-13-24(19)43-30(40)36-27(31(3,4)5)29(39)37-15-25(42-28)18(2)23(37)16-38;;;/h10-11,15,18,20,22,24-25,27-29,31H,6-9,12-14,16H2,1-5H3,(H,39,43);13-14,17,20,22,24,27-28,30H,7-12,15-16,18H2,1-6H3,(H,39,43);10-11,14,18-19,23-25,27H,7-9,12-13,15H2,1-6H3,(H,36,40);;;/q3*-1;;;/t20?,22-,24+,25?,27+,28+,29-,31-;22-,24+,27-,28+,30+,34-;18-,19+,23+,24+,25-,27+;;;/m010.../s1. The number of fused-ring (bicyclic) bond motifs is 17. The first-order valence-electron chi connectivity index (χ1n) is 48.1. The summed E-state index contributed by atoms with van der Waals surface area (Å²) in [5, 5.41) is 10.00. The Morgan fingerprint density at radius 1 is 0.464 bits per heavy atom. The molecule has 138 heavy (non-hydrogen) atoms. The fourth-order valence-corrected chi connectivity index (χ4v) is 22.3. The number of pyridine rings is 3. The van der Waals surface area contributed by atoms with Crippen molar-refractivity contribution in [1.29, 1.82) is 0 Å². The van der Waals surface area contributed by atoms with Crippen molar-refractivity contribution < 1.29 is 168 Å². The van der Waals surface area contributed by atoms with E-state index in [1.807, 2.05) is 53.5 Å². The van der Waals surface area contributed by atoms with Crippen molar-refractivity contribution in [3.05, 3.63) is 88.0 Å². The molecule has 4 aliphatic carbocycles. The number of hydrogen-bond acceptors (Lipinski definition) is 21. The summed E-state index contributed by atoms with van der Waals surface area (Å²) in [6.07, 6.45) is 9.64. The van der Waals surface area contributed by atoms with Crippen molar-refractivity contribution in [3.8, 4) is 34.9 Å². The third kappa shape index (κ3) is 23.1. The Hall–Kier alpha value is -8.75. The summed E-state index contributed by atoms with van der Waals surface area (Å²) < 4.78 is 150. The van der Waals surface area contributed by atoms with Crippen LogP contribution in [0.3, 0.4) is 0 Å². The van der Waals surface area contributed by atoms with Gasteiger partial charge in [0.05, 0.1) is 74.2 Å². The second-order valence-electron chi connectivity index (χ2n) is 40.8. The number of hydrogen-bond donors (Lipinski definition) is 3. The van der Waals surface area contributed by atoms with Gasteiger partial charge < -0.3 is 87.7 Å². The largest absolute Gasteiger partial charge is 0.540 e. The number of ether oxygens (including phenoxy) is 9. The predicted octanol–water partition coefficient (Wildman–Crippen LogP) is 18.2. The number of methoxy groups -OCH3 is 3. The molecule has 7 fully saturated rings. The summed E-state index contributed by atoms with van der Waals surface area (Å²) in [4.78, 5) is 136. The molecule has 4 saturated carbocycles. The first-order valence-corrected chi connectivity index (χ1v) is 48.1. The quantitative estimate of drug-likeness (QED) is 0.0651. The van der Waals surface area contributed by atoms with Gasteiger partial charge in [-0.25, -0.2) is 74.5 Å². The van der Waals surface area contributed by atoms with Crippen LogP contribution >= 0.6 is 0 Å². The van der Waals surface area contributed by atoms with Crippen molar-refractivity contribution in [1.82, 2.24) is 45.6 Å². The van der Waals surface area contributed by atoms with Gasteiger partial charge in [-0.15, -0.1) is 0 Å². The van der Waals surface area contributed by atoms with Crippen molar-refractivity contribution >= 4 is 87.6 Å². The van der Waals surface area contributed by atoms with E-state index in [-0.39, 0.29) is 171 Å². The van der Waals surface area contributed by atoms with E-state index in [9.17, 15) is 43.2 Å². The van der Waals surface area contributed by atoms with Crippen LogP contribution in [0.2, 0.25) is 0 Å². The first-order chi connectivity index (χ1) is 64.0. The van der Waals surface area contributed by atoms with Crippen LogP contribution in [-0.4, -0.2) is 198 Å². The molecule has 0 spiro atoms. The predicted molar refractivity (Wildman–Crippen MR) is 490 cm³/mol. The number of nitrogens with zero attached hydrogens (tertiary/aromatic N) is 6. The van der Waals surface area contributed by atoms with E-state index in [0.717, 1.165) is 25.7 Å². The van der Waals surface area contributed by atoms with E-state index in [0.29, 0.717) is 143 Å². The van der Waals surface area contributed by atoms with Crippen LogP contribution in [0.5, 0.6) is 34.9 Å². The Bertz CT molecular complexity index is 5310. The van der Waals surface area contributed by atoms with E-state index in [4.69, 9.17) is 42.6 Å². The number of nitrogens with one attached hydrogen (secondary N) is 3. The average molecular weight is 2040 g/mol. The molecule has 6 aromatic rings. The maximum Gasteiger partial charge on any atom is 0.408 e. The van der Waals surface area contributed by atoms with Gasteiger partial charge in [0, 0.05) is 109 Å². The van der Waals surface area contributed by atoms with Crippen LogP contribution in [0.15, 0.2) is 54.6 Å². The van der Waals surface area contributed by atoms with E-state index in [1.165, 1.54) is 36.0 Å². The summed E-state index contributed by atoms with van der Waals surface area (Å²) in [5.41, 5.74) is 0.0666. The van der Waals surface area contributed by atoms with E-state index in [2.05, 4.69) is 30.9 Å². The molecule has 3 aromatic carbocycles. The summed E-state index contributed by atoms with van der Waals surface area (Å²) in [7, 11) is 4.56. The molecule has 751 valence electrons. The van der Waals surface area contributed by atoms with Gasteiger partial charge in [-0.05, 0) is 222 Å². The minimum atomic E-state index is -3.27. The van der Waals surface area contributed by atoms with Crippen molar-refractivity contribution in [3.63, 3.8) is 0 Å². The van der Waals surface area contributed by atoms with Crippen LogP contribution in [0.25, 0.3) is 32.7 Å². The van der Waals surface area contributed by atoms with Gasteiger partial charge in [-0.2, -0.15) is 0 Å². The molecule has 20 atom stereocenters. The molecule has 6 bridgehead atoms. The average Bonchev–Trinajstić information content (AvgIpc) is 1.13. The fourth-order valence-electron chi connectivity index (χ4n) is 22.3. The van der Waals surface area contributed by atoms with Crippen LogP contribution in [0, 0.1) is 85.4 Å². The Kier molecular flexibility index (Phi) is 35.6. The number of aromatic nitrogens is 3. The van der Waals surface area contributed by atoms with Crippen LogP contribution in [0.4, 0.5) is 40.7 Å². The number of alkyl halides is 6. The molecule has 16 rings (SSSR count). The normalized spacial score (nSPS) is 30.3. The van der Waals surface area contributed by atoms with Crippen molar-refractivity contribution in [2.24, 2.45) is 64.6 Å². The summed E-state index contributed by atoms with van der Waals surface area (Å²) in [5.74, 6) is -11.4. The van der Waals surface area contributed by atoms with E-state index >= 15 is 26.3 Å². The maximum absolute atomic E-state index is 16.4. The maximum atomic E-state index is 16.4. The zero-order valence-corrected chi connectivity index (χ0v) is 85.9. The molecule has 36 heteroatoms. The molecule has 3 saturated heterocycles. The van der Waals surface area contributed by atoms with Gasteiger partial charge in [-0.1, -0.05) is 119 Å². The Morgan fingerprint density at radius 3 is 1.27 bits per heavy atom. The third-order valence-corrected chi connectivity index (χ3v) is 30.3. The number of benzene rings is 3. The smallest absolute Gasteiger partial charge is 0.408 e. The van der Waals surface area contributed by atoms with Gasteiger partial charge in [0.1, 0.15) is 71.5 Å². The monoisotopic (exact) mass is 2040 g/mol. The minimum Gasteiger partial charge on any atom is -0.540 e. The van der Waals surface area contributed by atoms with Crippen LogP contribution in [-0.2, 0) is 116 Å². The number of alkyl carbamates (subject to hydrolysis) is 3. The summed E-state index contributed by atoms with van der Waals surface area (Å²) in [6, 6.07) is 9.39. The van der Waals surface area contributed by atoms with E-state index < -0.39 is 156 Å². The molecular formula is C102H130F6N9O18V3-3. The molecular weight excluding hydrogens is 1910 g/mol. The third-order valence-electron chi connectivity index (χ3n) is 30.3. The molecule has 6 amide bonds. The van der Waals surface area contributed by atoms with Gasteiger partial charge in [-0.3, -0.25) is 14.4 Å². The Labute approximate surface area is 839 Å². The molecule has 3 radical (unpaired) electrons. The van der Waals surface area contributed by atoms with Crippen LogP contribution in [0.1, 0.15) is 238 Å². The number of carbonyl (C=O) groups is 6. The molecule has 6 aliphatic heterocycles. The van der Waals surface area contributed by atoms with Gasteiger partial charge in [0.2, 0.25) is 35.4 Å². The van der Waals surface area contributed by atoms with E-state index in [1.54, 1.807) is 117 Å². The van der Waals surface area contributed by atoms with Crippen molar-refractivity contribution in [2.75, 3.05) is 41.0 Å². The number of halogens is 6. The zero-order chi connectivity index (χ0) is 97.6. The molecule has 3 N–H and O–H groups in total. The molecule has 27 nitrogen and oxygen atoms in total. The SMILES string of the molecule is CC[C@@H]1[C@@H]2CN(C(=O)[C@H](C(C)C)NC(=O)O[C@@H]3CC4CC4[C@H]3CCCCC(F)(F)c3c(nc4cc(OC)ccc4c3C)O2)[C@@H]1[C-]=O.CC[C@@H]1[C@@H]2CN(C(=O)[C@H](C(C)C)NC(=O)O[C@]3(C)CCC[C@H]3CCCCC(F)(F)c3c(nc4cc(OC)ccc4c3C)O2)[C@@H]1[C-]=O.COc1ccc2c(C)c3c(nc2c1)O[C@H]1CN(C(=O)[C@H](C(C)(C)C)NC(=O)O[C@@H]2C[C@H]2CCCCC3(F)F)[C@H]([C-]=O)[C@@H]1C.[V].[V].[V]. The number of amides is 6. The first kappa shape index (κ1) is 110. The Balaban J connectivity index is 0.000000196. The van der Waals surface area contributed by atoms with Gasteiger partial charge in [0.25, 0.3) is 17.8 Å². The van der Waals surface area contributed by atoms with Crippen molar-refractivity contribution in [2.45, 2.75) is 315 Å². The molecule has 10 aliphatic rings. The number of carbonyl (C=O) groups excluding carboxylic acids is 9. The summed E-state index contributed by atoms with van der Waals surface area (Å²) >= 11 is 0. The molecule has 3 aromatic heterocycles. The van der Waals surface area contributed by atoms with Crippen LogP contribution < -0.4 is 44.4 Å². The second kappa shape index (κ2) is 44.8. The number of rotatable bonds is 10. The topological polar surface area (TPSA) is 321 Å². The molecule has 2 unspecified atom stereocenters. The molecule has 9 heterocycles. The van der Waals surface area contributed by atoms with Gasteiger partial charge in [0.15, 0.2) is 0 Å². The minimum absolute atomic E-state index is 0. The second-order valence-corrected chi connectivity index (χ2v) is 40.8.